The van der Waals surface area contributed by atoms with E-state index in [0.29, 0.717) is 25.9 Å². The summed E-state index contributed by atoms with van der Waals surface area (Å²) in [7, 11) is 0. The van der Waals surface area contributed by atoms with Crippen molar-refractivity contribution in [1.82, 2.24) is 5.32 Å². The molecule has 0 aliphatic carbocycles. The van der Waals surface area contributed by atoms with Crippen molar-refractivity contribution in [3.8, 4) is 0 Å². The number of hydrogen-bond donors (Lipinski definition) is 3. The molecule has 0 bridgehead atoms. The van der Waals surface area contributed by atoms with Crippen LogP contribution in [0.25, 0.3) is 0 Å². The van der Waals surface area contributed by atoms with Crippen LogP contribution in [0.15, 0.2) is 24.3 Å². The van der Waals surface area contributed by atoms with Gasteiger partial charge in [0.05, 0.1) is 6.10 Å². The van der Waals surface area contributed by atoms with Crippen LogP contribution in [0.1, 0.15) is 114 Å². The van der Waals surface area contributed by atoms with E-state index in [1.54, 1.807) is 0 Å². The average Bonchev–Trinajstić information content (AvgIpc) is 2.76. The molecular formula is C26H46N2O2. The smallest absolute Gasteiger partial charge is 0.220 e. The van der Waals surface area contributed by atoms with Crippen LogP contribution in [0, 0.1) is 0 Å². The number of amides is 1. The Balaban J connectivity index is 1.92. The number of nitrogens with one attached hydrogen (secondary N) is 1. The molecule has 172 valence electrons. The number of carbonyl (C=O) groups excluding carboxylic acids is 1. The van der Waals surface area contributed by atoms with Crippen molar-refractivity contribution in [2.24, 2.45) is 5.73 Å². The Hall–Kier alpha value is -1.39. The highest BCUT2D eigenvalue weighted by atomic mass is 16.3. The maximum atomic E-state index is 12.0. The van der Waals surface area contributed by atoms with Crippen LogP contribution >= 0.6 is 0 Å². The third kappa shape index (κ3) is 14.6. The maximum absolute atomic E-state index is 12.0. The second-order valence-corrected chi connectivity index (χ2v) is 8.67. The Morgan fingerprint density at radius 3 is 2.10 bits per heavy atom. The zero-order chi connectivity index (χ0) is 21.9. The summed E-state index contributed by atoms with van der Waals surface area (Å²) in [5.74, 6) is 0.0510. The number of hydrogen-bond acceptors (Lipinski definition) is 3. The number of aliphatic hydroxyl groups excluding tert-OH is 1. The third-order valence-electron chi connectivity index (χ3n) is 5.80. The molecule has 1 unspecified atom stereocenters. The molecule has 4 heteroatoms. The second-order valence-electron chi connectivity index (χ2n) is 8.67. The van der Waals surface area contributed by atoms with Crippen molar-refractivity contribution in [3.63, 3.8) is 0 Å². The molecule has 0 aliphatic heterocycles. The summed E-state index contributed by atoms with van der Waals surface area (Å²) in [6.07, 6.45) is 17.1. The number of nitrogens with two attached hydrogens (primary N) is 1. The highest BCUT2D eigenvalue weighted by Crippen LogP contribution is 2.14. The molecule has 0 saturated heterocycles. The van der Waals surface area contributed by atoms with E-state index in [1.807, 2.05) is 24.3 Å². The molecule has 1 aromatic carbocycles. The van der Waals surface area contributed by atoms with Crippen molar-refractivity contribution in [2.75, 3.05) is 0 Å². The number of rotatable bonds is 19. The molecule has 0 heterocycles. The Labute approximate surface area is 185 Å². The van der Waals surface area contributed by atoms with Crippen molar-refractivity contribution in [3.05, 3.63) is 35.4 Å². The third-order valence-corrected chi connectivity index (χ3v) is 5.80. The first kappa shape index (κ1) is 26.6. The van der Waals surface area contributed by atoms with Gasteiger partial charge < -0.3 is 16.2 Å². The minimum Gasteiger partial charge on any atom is -0.393 e. The van der Waals surface area contributed by atoms with Gasteiger partial charge in [0.1, 0.15) is 0 Å². The fraction of sp³-hybridized carbons (Fsp3) is 0.731. The van der Waals surface area contributed by atoms with Gasteiger partial charge in [-0.1, -0.05) is 102 Å². The summed E-state index contributed by atoms with van der Waals surface area (Å²) in [6.45, 7) is 3.31. The lowest BCUT2D eigenvalue weighted by Gasteiger charge is -2.11. The minimum atomic E-state index is -0.266. The van der Waals surface area contributed by atoms with Gasteiger partial charge in [0.15, 0.2) is 0 Å². The van der Waals surface area contributed by atoms with Crippen molar-refractivity contribution >= 4 is 5.91 Å². The van der Waals surface area contributed by atoms with Crippen LogP contribution in [-0.2, 0) is 17.9 Å². The van der Waals surface area contributed by atoms with Gasteiger partial charge in [-0.2, -0.15) is 0 Å². The van der Waals surface area contributed by atoms with E-state index in [1.165, 1.54) is 64.2 Å². The van der Waals surface area contributed by atoms with Gasteiger partial charge in [-0.05, 0) is 30.4 Å². The zero-order valence-electron chi connectivity index (χ0n) is 19.3. The van der Waals surface area contributed by atoms with Crippen molar-refractivity contribution in [2.45, 2.75) is 122 Å². The SMILES string of the molecule is CCCCCCCCCCCCCC(O)CCCC(=O)NCc1cccc(CN)c1. The second kappa shape index (κ2) is 18.4. The minimum absolute atomic E-state index is 0.0510. The Morgan fingerprint density at radius 2 is 1.47 bits per heavy atom. The molecule has 1 rings (SSSR count). The fourth-order valence-corrected chi connectivity index (χ4v) is 3.84. The number of aliphatic hydroxyl groups is 1. The van der Waals surface area contributed by atoms with E-state index < -0.39 is 0 Å². The quantitative estimate of drug-likeness (QED) is 0.241. The van der Waals surface area contributed by atoms with E-state index in [4.69, 9.17) is 5.73 Å². The van der Waals surface area contributed by atoms with E-state index in [0.717, 1.165) is 30.4 Å². The highest BCUT2D eigenvalue weighted by Gasteiger charge is 2.07. The summed E-state index contributed by atoms with van der Waals surface area (Å²) in [4.78, 5) is 12.0. The van der Waals surface area contributed by atoms with E-state index in [2.05, 4.69) is 12.2 Å². The molecular weight excluding hydrogens is 372 g/mol. The standard InChI is InChI=1S/C26H46N2O2/c1-2-3-4-5-6-7-8-9-10-11-12-17-25(29)18-14-19-26(30)28-22-24-16-13-15-23(20-24)21-27/h13,15-16,20,25,29H,2-12,14,17-19,21-22,27H2,1H3,(H,28,30). The molecule has 0 aliphatic rings. The fourth-order valence-electron chi connectivity index (χ4n) is 3.84. The van der Waals surface area contributed by atoms with Gasteiger partial charge in [-0.15, -0.1) is 0 Å². The molecule has 1 aromatic rings. The maximum Gasteiger partial charge on any atom is 0.220 e. The summed E-state index contributed by atoms with van der Waals surface area (Å²) in [5.41, 5.74) is 7.80. The number of carbonyl (C=O) groups is 1. The van der Waals surface area contributed by atoms with Gasteiger partial charge in [0, 0.05) is 19.5 Å². The largest absolute Gasteiger partial charge is 0.393 e. The molecule has 0 spiro atoms. The van der Waals surface area contributed by atoms with Crippen molar-refractivity contribution in [1.29, 1.82) is 0 Å². The first-order valence-corrected chi connectivity index (χ1v) is 12.4. The van der Waals surface area contributed by atoms with E-state index in [9.17, 15) is 9.90 Å². The first-order valence-electron chi connectivity index (χ1n) is 12.4. The molecule has 0 saturated carbocycles. The average molecular weight is 419 g/mol. The predicted octanol–water partition coefficient (Wildman–Crippen LogP) is 5.99. The van der Waals surface area contributed by atoms with Gasteiger partial charge in [-0.25, -0.2) is 0 Å². The van der Waals surface area contributed by atoms with Gasteiger partial charge in [0.25, 0.3) is 0 Å². The molecule has 0 fully saturated rings. The first-order chi connectivity index (χ1) is 14.7. The number of unbranched alkanes of at least 4 members (excludes halogenated alkanes) is 10. The van der Waals surface area contributed by atoms with Crippen LogP contribution < -0.4 is 11.1 Å². The lowest BCUT2D eigenvalue weighted by molar-refractivity contribution is -0.121. The van der Waals surface area contributed by atoms with Crippen LogP contribution in [0.3, 0.4) is 0 Å². The highest BCUT2D eigenvalue weighted by molar-refractivity contribution is 5.75. The molecule has 1 amide bonds. The molecule has 1 atom stereocenters. The molecule has 4 N–H and O–H groups in total. The number of benzene rings is 1. The summed E-state index contributed by atoms with van der Waals surface area (Å²) in [6, 6.07) is 7.98. The Kier molecular flexibility index (Phi) is 16.3. The molecule has 30 heavy (non-hydrogen) atoms. The predicted molar refractivity (Wildman–Crippen MR) is 127 cm³/mol. The zero-order valence-corrected chi connectivity index (χ0v) is 19.3. The summed E-state index contributed by atoms with van der Waals surface area (Å²) >= 11 is 0. The van der Waals surface area contributed by atoms with Crippen LogP contribution in [0.4, 0.5) is 0 Å². The molecule has 0 radical (unpaired) electrons. The van der Waals surface area contributed by atoms with Gasteiger partial charge in [-0.3, -0.25) is 4.79 Å². The van der Waals surface area contributed by atoms with Crippen molar-refractivity contribution < 1.29 is 9.90 Å². The lowest BCUT2D eigenvalue weighted by Crippen LogP contribution is -2.23. The van der Waals surface area contributed by atoms with E-state index >= 15 is 0 Å². The topological polar surface area (TPSA) is 75.3 Å². The van der Waals surface area contributed by atoms with E-state index in [-0.39, 0.29) is 12.0 Å². The normalized spacial score (nSPS) is 12.1. The van der Waals surface area contributed by atoms with Crippen LogP contribution in [0.2, 0.25) is 0 Å². The van der Waals surface area contributed by atoms with Gasteiger partial charge >= 0.3 is 0 Å². The van der Waals surface area contributed by atoms with Crippen LogP contribution in [0.5, 0.6) is 0 Å². The Bertz CT molecular complexity index is 548. The molecule has 4 nitrogen and oxygen atoms in total. The summed E-state index contributed by atoms with van der Waals surface area (Å²) in [5, 5.41) is 13.1. The Morgan fingerprint density at radius 1 is 0.900 bits per heavy atom. The monoisotopic (exact) mass is 418 g/mol. The molecule has 0 aromatic heterocycles. The van der Waals surface area contributed by atoms with Gasteiger partial charge in [0.2, 0.25) is 5.91 Å². The summed E-state index contributed by atoms with van der Waals surface area (Å²) < 4.78 is 0. The van der Waals surface area contributed by atoms with Crippen LogP contribution in [-0.4, -0.2) is 17.1 Å². The lowest BCUT2D eigenvalue weighted by atomic mass is 10.0.